The van der Waals surface area contributed by atoms with Crippen molar-refractivity contribution in [3.8, 4) is 0 Å². The summed E-state index contributed by atoms with van der Waals surface area (Å²) < 4.78 is 13.7. The highest BCUT2D eigenvalue weighted by atomic mass is 19.1. The van der Waals surface area contributed by atoms with Gasteiger partial charge >= 0.3 is 0 Å². The fraction of sp³-hybridized carbons (Fsp3) is 0.684. The first-order valence-corrected chi connectivity index (χ1v) is 8.39. The van der Waals surface area contributed by atoms with Gasteiger partial charge in [-0.1, -0.05) is 32.9 Å². The van der Waals surface area contributed by atoms with Gasteiger partial charge in [-0.3, -0.25) is 0 Å². The molecule has 1 N–H and O–H groups in total. The van der Waals surface area contributed by atoms with Crippen molar-refractivity contribution in [1.29, 1.82) is 0 Å². The Balaban J connectivity index is 1.95. The van der Waals surface area contributed by atoms with Crippen LogP contribution in [-0.4, -0.2) is 13.1 Å². The minimum absolute atomic E-state index is 0.1000. The molecule has 2 fully saturated rings. The summed E-state index contributed by atoms with van der Waals surface area (Å²) in [5.74, 6) is 1.06. The zero-order valence-electron chi connectivity index (χ0n) is 13.6. The molecule has 0 bridgehead atoms. The normalized spacial score (nSPS) is 35.8. The molecule has 0 radical (unpaired) electrons. The number of nitrogens with one attached hydrogen (secondary N) is 1. The summed E-state index contributed by atoms with van der Waals surface area (Å²) in [6, 6.07) is 7.30. The number of halogens is 1. The van der Waals surface area contributed by atoms with E-state index in [1.807, 2.05) is 6.07 Å². The van der Waals surface area contributed by atoms with Crippen molar-refractivity contribution in [2.75, 3.05) is 13.1 Å². The van der Waals surface area contributed by atoms with Gasteiger partial charge in [0.1, 0.15) is 5.82 Å². The first-order valence-electron chi connectivity index (χ1n) is 8.39. The van der Waals surface area contributed by atoms with Gasteiger partial charge in [-0.2, -0.15) is 0 Å². The molecule has 1 saturated heterocycles. The molecule has 1 nitrogen and oxygen atoms in total. The quantitative estimate of drug-likeness (QED) is 0.787. The fourth-order valence-electron chi connectivity index (χ4n) is 4.96. The highest BCUT2D eigenvalue weighted by molar-refractivity contribution is 5.25. The van der Waals surface area contributed by atoms with Crippen LogP contribution in [0.3, 0.4) is 0 Å². The maximum Gasteiger partial charge on any atom is 0.123 e. The lowest BCUT2D eigenvalue weighted by molar-refractivity contribution is -0.00708. The molecule has 0 aromatic heterocycles. The third kappa shape index (κ3) is 2.75. The molecule has 116 valence electrons. The van der Waals surface area contributed by atoms with E-state index in [4.69, 9.17) is 0 Å². The fourth-order valence-corrected chi connectivity index (χ4v) is 4.96. The summed E-state index contributed by atoms with van der Waals surface area (Å²) >= 11 is 0. The van der Waals surface area contributed by atoms with Gasteiger partial charge in [-0.25, -0.2) is 4.39 Å². The second-order valence-corrected chi connectivity index (χ2v) is 8.06. The van der Waals surface area contributed by atoms with Gasteiger partial charge in [-0.05, 0) is 66.7 Å². The van der Waals surface area contributed by atoms with Crippen LogP contribution in [0, 0.1) is 22.6 Å². The molecule has 1 aliphatic heterocycles. The van der Waals surface area contributed by atoms with E-state index in [-0.39, 0.29) is 5.82 Å². The summed E-state index contributed by atoms with van der Waals surface area (Å²) in [6.07, 6.45) is 5.09. The molecule has 1 spiro atoms. The predicted molar refractivity (Wildman–Crippen MR) is 85.9 cm³/mol. The van der Waals surface area contributed by atoms with Crippen LogP contribution < -0.4 is 5.32 Å². The van der Waals surface area contributed by atoms with Crippen LogP contribution in [0.25, 0.3) is 0 Å². The molecule has 1 saturated carbocycles. The van der Waals surface area contributed by atoms with E-state index in [1.54, 1.807) is 12.1 Å². The summed E-state index contributed by atoms with van der Waals surface area (Å²) in [5.41, 5.74) is 2.00. The Labute approximate surface area is 128 Å². The molecule has 1 heterocycles. The van der Waals surface area contributed by atoms with Crippen LogP contribution in [0.5, 0.6) is 0 Å². The first kappa shape index (κ1) is 15.0. The maximum atomic E-state index is 13.7. The van der Waals surface area contributed by atoms with Crippen molar-refractivity contribution in [2.24, 2.45) is 16.7 Å². The highest BCUT2D eigenvalue weighted by Gasteiger charge is 2.49. The summed E-state index contributed by atoms with van der Waals surface area (Å²) in [6.45, 7) is 9.33. The number of benzene rings is 1. The van der Waals surface area contributed by atoms with Crippen molar-refractivity contribution < 1.29 is 4.39 Å². The van der Waals surface area contributed by atoms with Crippen molar-refractivity contribution in [2.45, 2.75) is 52.4 Å². The van der Waals surface area contributed by atoms with Crippen LogP contribution in [0.15, 0.2) is 24.3 Å². The standard InChI is InChI=1S/C19H28FN/c1-14-12-18(2,3)7-8-19(14)9-10-21-13-17(19)15-5-4-6-16(20)11-15/h4-6,11,14,17,21H,7-10,12-13H2,1-3H3. The van der Waals surface area contributed by atoms with Gasteiger partial charge in [0.15, 0.2) is 0 Å². The molecule has 1 aromatic rings. The van der Waals surface area contributed by atoms with Crippen LogP contribution >= 0.6 is 0 Å². The minimum atomic E-state index is -0.1000. The van der Waals surface area contributed by atoms with Gasteiger partial charge in [0, 0.05) is 12.5 Å². The Morgan fingerprint density at radius 1 is 1.19 bits per heavy atom. The van der Waals surface area contributed by atoms with Crippen LogP contribution in [0.2, 0.25) is 0 Å². The predicted octanol–water partition coefficient (Wildman–Crippen LogP) is 4.74. The molecule has 3 rings (SSSR count). The number of rotatable bonds is 1. The van der Waals surface area contributed by atoms with Gasteiger partial charge in [0.2, 0.25) is 0 Å². The van der Waals surface area contributed by atoms with Gasteiger partial charge in [0.25, 0.3) is 0 Å². The van der Waals surface area contributed by atoms with Crippen LogP contribution in [0.1, 0.15) is 57.9 Å². The van der Waals surface area contributed by atoms with Crippen LogP contribution in [-0.2, 0) is 0 Å². The van der Waals surface area contributed by atoms with Gasteiger partial charge < -0.3 is 5.32 Å². The van der Waals surface area contributed by atoms with Crippen molar-refractivity contribution >= 4 is 0 Å². The SMILES string of the molecule is CC1CC(C)(C)CCC12CCNCC2c1cccc(F)c1. The Morgan fingerprint density at radius 3 is 2.71 bits per heavy atom. The van der Waals surface area contributed by atoms with E-state index >= 15 is 0 Å². The topological polar surface area (TPSA) is 12.0 Å². The van der Waals surface area contributed by atoms with Crippen LogP contribution in [0.4, 0.5) is 4.39 Å². The van der Waals surface area contributed by atoms with Crippen molar-refractivity contribution in [1.82, 2.24) is 5.32 Å². The van der Waals surface area contributed by atoms with Gasteiger partial charge in [-0.15, -0.1) is 0 Å². The molecule has 3 unspecified atom stereocenters. The molecule has 2 heteroatoms. The number of piperidine rings is 1. The Bertz CT molecular complexity index is 510. The smallest absolute Gasteiger partial charge is 0.123 e. The highest BCUT2D eigenvalue weighted by Crippen LogP contribution is 2.57. The Morgan fingerprint density at radius 2 is 2.00 bits per heavy atom. The van der Waals surface area contributed by atoms with E-state index in [1.165, 1.54) is 31.2 Å². The lowest BCUT2D eigenvalue weighted by atomic mass is 9.52. The molecule has 3 atom stereocenters. The number of hydrogen-bond acceptors (Lipinski definition) is 1. The lowest BCUT2D eigenvalue weighted by Gasteiger charge is -2.55. The molecular weight excluding hydrogens is 261 g/mol. The molecule has 2 aliphatic rings. The van der Waals surface area contributed by atoms with E-state index in [0.717, 1.165) is 13.1 Å². The van der Waals surface area contributed by atoms with E-state index in [2.05, 4.69) is 32.2 Å². The lowest BCUT2D eigenvalue weighted by Crippen LogP contribution is -2.50. The zero-order valence-corrected chi connectivity index (χ0v) is 13.6. The summed E-state index contributed by atoms with van der Waals surface area (Å²) in [5, 5.41) is 3.54. The largest absolute Gasteiger partial charge is 0.316 e. The minimum Gasteiger partial charge on any atom is -0.316 e. The Hall–Kier alpha value is -0.890. The molecule has 1 aromatic carbocycles. The molecular formula is C19H28FN. The third-order valence-electron chi connectivity index (χ3n) is 6.17. The summed E-state index contributed by atoms with van der Waals surface area (Å²) in [4.78, 5) is 0. The van der Waals surface area contributed by atoms with Crippen molar-refractivity contribution in [3.63, 3.8) is 0 Å². The third-order valence-corrected chi connectivity index (χ3v) is 6.17. The second-order valence-electron chi connectivity index (χ2n) is 8.06. The average Bonchev–Trinajstić information content (AvgIpc) is 2.44. The van der Waals surface area contributed by atoms with Crippen molar-refractivity contribution in [3.05, 3.63) is 35.6 Å². The van der Waals surface area contributed by atoms with E-state index in [9.17, 15) is 4.39 Å². The van der Waals surface area contributed by atoms with E-state index in [0.29, 0.717) is 22.7 Å². The first-order chi connectivity index (χ1) is 9.93. The maximum absolute atomic E-state index is 13.7. The monoisotopic (exact) mass is 289 g/mol. The molecule has 1 aliphatic carbocycles. The zero-order chi connectivity index (χ0) is 15.1. The number of hydrogen-bond donors (Lipinski definition) is 1. The molecule has 0 amide bonds. The van der Waals surface area contributed by atoms with E-state index < -0.39 is 0 Å². The Kier molecular flexibility index (Phi) is 3.85. The second kappa shape index (κ2) is 5.39. The summed E-state index contributed by atoms with van der Waals surface area (Å²) in [7, 11) is 0. The molecule has 21 heavy (non-hydrogen) atoms. The average molecular weight is 289 g/mol. The van der Waals surface area contributed by atoms with Gasteiger partial charge in [0.05, 0.1) is 0 Å².